The standard InChI is InChI=1S/C20H21ClN2O3/c1-2-26-19-8-7-15(21)9-14(19)12-23-18(20(24)25)10-13-11-22-17-6-4-3-5-16(13)17/h3-9,11,18,22-23H,2,10,12H2,1H3,(H,24,25). The molecule has 3 rings (SSSR count). The molecule has 3 aromatic rings. The van der Waals surface area contributed by atoms with Gasteiger partial charge in [-0.25, -0.2) is 0 Å². The van der Waals surface area contributed by atoms with Crippen LogP contribution in [-0.4, -0.2) is 28.7 Å². The summed E-state index contributed by atoms with van der Waals surface area (Å²) in [6.45, 7) is 2.80. The molecule has 0 bridgehead atoms. The van der Waals surface area contributed by atoms with Gasteiger partial charge < -0.3 is 14.8 Å². The highest BCUT2D eigenvalue weighted by Gasteiger charge is 2.20. The molecule has 0 saturated heterocycles. The van der Waals surface area contributed by atoms with E-state index in [2.05, 4.69) is 10.3 Å². The van der Waals surface area contributed by atoms with Crippen LogP contribution in [0, 0.1) is 0 Å². The smallest absolute Gasteiger partial charge is 0.321 e. The summed E-state index contributed by atoms with van der Waals surface area (Å²) >= 11 is 6.07. The average Bonchev–Trinajstić information content (AvgIpc) is 3.03. The molecule has 26 heavy (non-hydrogen) atoms. The lowest BCUT2D eigenvalue weighted by atomic mass is 10.0. The van der Waals surface area contributed by atoms with E-state index >= 15 is 0 Å². The number of para-hydroxylation sites is 1. The fourth-order valence-corrected chi connectivity index (χ4v) is 3.18. The molecular weight excluding hydrogens is 352 g/mol. The molecule has 0 fully saturated rings. The first kappa shape index (κ1) is 18.3. The highest BCUT2D eigenvalue weighted by molar-refractivity contribution is 6.30. The number of carboxylic acid groups (broad SMARTS) is 1. The maximum atomic E-state index is 11.7. The minimum absolute atomic E-state index is 0.356. The largest absolute Gasteiger partial charge is 0.494 e. The lowest BCUT2D eigenvalue weighted by molar-refractivity contribution is -0.139. The summed E-state index contributed by atoms with van der Waals surface area (Å²) in [5.74, 6) is -0.184. The van der Waals surface area contributed by atoms with Crippen LogP contribution in [0.5, 0.6) is 5.75 Å². The zero-order valence-electron chi connectivity index (χ0n) is 14.5. The summed E-state index contributed by atoms with van der Waals surface area (Å²) in [5, 5.41) is 14.4. The number of carbonyl (C=O) groups is 1. The Morgan fingerprint density at radius 1 is 1.27 bits per heavy atom. The highest BCUT2D eigenvalue weighted by Crippen LogP contribution is 2.24. The van der Waals surface area contributed by atoms with Crippen molar-refractivity contribution >= 4 is 28.5 Å². The van der Waals surface area contributed by atoms with Crippen molar-refractivity contribution in [2.45, 2.75) is 25.9 Å². The van der Waals surface area contributed by atoms with E-state index < -0.39 is 12.0 Å². The van der Waals surface area contributed by atoms with Crippen molar-refractivity contribution in [3.8, 4) is 5.75 Å². The van der Waals surface area contributed by atoms with Crippen molar-refractivity contribution in [3.63, 3.8) is 0 Å². The van der Waals surface area contributed by atoms with E-state index in [1.165, 1.54) is 0 Å². The Morgan fingerprint density at radius 2 is 2.08 bits per heavy atom. The van der Waals surface area contributed by atoms with Crippen molar-refractivity contribution in [1.82, 2.24) is 10.3 Å². The summed E-state index contributed by atoms with van der Waals surface area (Å²) in [6, 6.07) is 12.5. The third-order valence-corrected chi connectivity index (χ3v) is 4.49. The average molecular weight is 373 g/mol. The van der Waals surface area contributed by atoms with Crippen LogP contribution >= 0.6 is 11.6 Å². The van der Waals surface area contributed by atoms with Crippen LogP contribution in [0.15, 0.2) is 48.7 Å². The van der Waals surface area contributed by atoms with E-state index in [0.717, 1.165) is 22.0 Å². The second-order valence-electron chi connectivity index (χ2n) is 6.02. The van der Waals surface area contributed by atoms with Gasteiger partial charge >= 0.3 is 5.97 Å². The third kappa shape index (κ3) is 4.18. The van der Waals surface area contributed by atoms with Gasteiger partial charge in [-0.15, -0.1) is 0 Å². The zero-order valence-corrected chi connectivity index (χ0v) is 15.2. The second kappa shape index (κ2) is 8.25. The number of H-pyrrole nitrogens is 1. The van der Waals surface area contributed by atoms with Crippen LogP contribution in [0.25, 0.3) is 10.9 Å². The number of hydrogen-bond acceptors (Lipinski definition) is 3. The van der Waals surface area contributed by atoms with E-state index in [9.17, 15) is 9.90 Å². The third-order valence-electron chi connectivity index (χ3n) is 4.26. The van der Waals surface area contributed by atoms with Gasteiger partial charge in [-0.2, -0.15) is 0 Å². The second-order valence-corrected chi connectivity index (χ2v) is 6.46. The Hall–Kier alpha value is -2.50. The molecule has 1 heterocycles. The number of halogens is 1. The minimum atomic E-state index is -0.893. The number of aromatic amines is 1. The van der Waals surface area contributed by atoms with Gasteiger partial charge in [-0.3, -0.25) is 10.1 Å². The first-order chi connectivity index (χ1) is 12.6. The Kier molecular flexibility index (Phi) is 5.81. The van der Waals surface area contributed by atoms with Crippen molar-refractivity contribution < 1.29 is 14.6 Å². The number of aliphatic carboxylic acids is 1. The van der Waals surface area contributed by atoms with E-state index in [0.29, 0.717) is 30.3 Å². The molecule has 2 aromatic carbocycles. The van der Waals surface area contributed by atoms with E-state index in [1.54, 1.807) is 18.2 Å². The van der Waals surface area contributed by atoms with Crippen LogP contribution in [0.1, 0.15) is 18.1 Å². The molecule has 0 aliphatic carbocycles. The molecule has 0 amide bonds. The molecule has 0 spiro atoms. The Labute approximate surface area is 156 Å². The van der Waals surface area contributed by atoms with Gasteiger partial charge in [0.25, 0.3) is 0 Å². The summed E-state index contributed by atoms with van der Waals surface area (Å²) in [4.78, 5) is 14.9. The SMILES string of the molecule is CCOc1ccc(Cl)cc1CNC(Cc1c[nH]c2ccccc12)C(=O)O. The molecule has 0 saturated carbocycles. The quantitative estimate of drug-likeness (QED) is 0.558. The Morgan fingerprint density at radius 3 is 2.85 bits per heavy atom. The number of hydrogen-bond donors (Lipinski definition) is 3. The maximum absolute atomic E-state index is 11.7. The van der Waals surface area contributed by atoms with Gasteiger partial charge in [0.2, 0.25) is 0 Å². The molecular formula is C20H21ClN2O3. The van der Waals surface area contributed by atoms with Gasteiger partial charge in [0.15, 0.2) is 0 Å². The van der Waals surface area contributed by atoms with Crippen LogP contribution in [0.4, 0.5) is 0 Å². The molecule has 0 aliphatic rings. The molecule has 1 atom stereocenters. The fraction of sp³-hybridized carbons (Fsp3) is 0.250. The first-order valence-electron chi connectivity index (χ1n) is 8.51. The van der Waals surface area contributed by atoms with Gasteiger partial charge in [-0.05, 0) is 36.8 Å². The lowest BCUT2D eigenvalue weighted by Gasteiger charge is -2.16. The topological polar surface area (TPSA) is 74.3 Å². The molecule has 136 valence electrons. The maximum Gasteiger partial charge on any atom is 0.321 e. The van der Waals surface area contributed by atoms with Gasteiger partial charge in [0, 0.05) is 40.7 Å². The number of benzene rings is 2. The first-order valence-corrected chi connectivity index (χ1v) is 8.88. The van der Waals surface area contributed by atoms with E-state index in [4.69, 9.17) is 16.3 Å². The molecule has 1 unspecified atom stereocenters. The number of ether oxygens (including phenoxy) is 1. The molecule has 0 radical (unpaired) electrons. The van der Waals surface area contributed by atoms with E-state index in [-0.39, 0.29) is 0 Å². The molecule has 3 N–H and O–H groups in total. The summed E-state index contributed by atoms with van der Waals surface area (Å²) in [7, 11) is 0. The van der Waals surface area contributed by atoms with Gasteiger partial charge in [0.05, 0.1) is 6.61 Å². The number of aromatic nitrogens is 1. The number of fused-ring (bicyclic) bond motifs is 1. The van der Waals surface area contributed by atoms with Crippen molar-refractivity contribution in [3.05, 3.63) is 64.8 Å². The summed E-state index contributed by atoms with van der Waals surface area (Å²) < 4.78 is 5.60. The minimum Gasteiger partial charge on any atom is -0.494 e. The Bertz CT molecular complexity index is 907. The molecule has 6 heteroatoms. The van der Waals surface area contributed by atoms with Crippen molar-refractivity contribution in [2.24, 2.45) is 0 Å². The zero-order chi connectivity index (χ0) is 18.5. The van der Waals surface area contributed by atoms with Gasteiger partial charge in [0.1, 0.15) is 11.8 Å². The normalized spacial score (nSPS) is 12.2. The lowest BCUT2D eigenvalue weighted by Crippen LogP contribution is -2.38. The van der Waals surface area contributed by atoms with Crippen LogP contribution < -0.4 is 10.1 Å². The number of rotatable bonds is 8. The number of nitrogens with one attached hydrogen (secondary N) is 2. The van der Waals surface area contributed by atoms with Crippen molar-refractivity contribution in [2.75, 3.05) is 6.61 Å². The number of carboxylic acids is 1. The highest BCUT2D eigenvalue weighted by atomic mass is 35.5. The van der Waals surface area contributed by atoms with Crippen LogP contribution in [0.2, 0.25) is 5.02 Å². The molecule has 5 nitrogen and oxygen atoms in total. The predicted molar refractivity (Wildman–Crippen MR) is 103 cm³/mol. The summed E-state index contributed by atoms with van der Waals surface area (Å²) in [5.41, 5.74) is 2.81. The van der Waals surface area contributed by atoms with Crippen LogP contribution in [0.3, 0.4) is 0 Å². The van der Waals surface area contributed by atoms with E-state index in [1.807, 2.05) is 37.4 Å². The van der Waals surface area contributed by atoms with Gasteiger partial charge in [-0.1, -0.05) is 29.8 Å². The Balaban J connectivity index is 1.76. The van der Waals surface area contributed by atoms with Crippen LogP contribution in [-0.2, 0) is 17.8 Å². The fourth-order valence-electron chi connectivity index (χ4n) is 2.98. The predicted octanol–water partition coefficient (Wildman–Crippen LogP) is 4.01. The van der Waals surface area contributed by atoms with Crippen molar-refractivity contribution in [1.29, 1.82) is 0 Å². The monoisotopic (exact) mass is 372 g/mol. The summed E-state index contributed by atoms with van der Waals surface area (Å²) in [6.07, 6.45) is 2.25. The molecule has 0 aliphatic heterocycles. The molecule has 1 aromatic heterocycles.